The van der Waals surface area contributed by atoms with Crippen LogP contribution < -0.4 is 5.32 Å². The van der Waals surface area contributed by atoms with Crippen LogP contribution in [-0.2, 0) is 16.1 Å². The Kier molecular flexibility index (Phi) is 8.61. The third-order valence-corrected chi connectivity index (χ3v) is 9.68. The number of para-hydroxylation sites is 2. The summed E-state index contributed by atoms with van der Waals surface area (Å²) in [5.41, 5.74) is 2.53. The lowest BCUT2D eigenvalue weighted by Gasteiger charge is -2.40. The van der Waals surface area contributed by atoms with Gasteiger partial charge in [-0.25, -0.2) is 4.98 Å². The van der Waals surface area contributed by atoms with Gasteiger partial charge in [0.1, 0.15) is 11.6 Å². The van der Waals surface area contributed by atoms with Crippen LogP contribution in [0.1, 0.15) is 42.8 Å². The summed E-state index contributed by atoms with van der Waals surface area (Å²) in [4.78, 5) is 37.4. The number of fused-ring (bicyclic) bond motifs is 1. The van der Waals surface area contributed by atoms with E-state index in [2.05, 4.69) is 40.3 Å². The van der Waals surface area contributed by atoms with Gasteiger partial charge in [-0.15, -0.1) is 11.3 Å². The Balaban J connectivity index is 1.20. The topological polar surface area (TPSA) is 132 Å². The molecule has 2 N–H and O–H groups in total. The number of aromatic amines is 1. The number of hydrogen-bond acceptors (Lipinski definition) is 8. The van der Waals surface area contributed by atoms with Gasteiger partial charge in [-0.2, -0.15) is 10.4 Å². The number of likely N-dealkylation sites (tertiary alicyclic amines) is 1. The maximum absolute atomic E-state index is 13.7. The molecule has 2 amide bonds. The molecule has 228 valence electrons. The number of nitrogens with zero attached hydrogens (tertiary/aromatic N) is 6. The van der Waals surface area contributed by atoms with E-state index in [1.807, 2.05) is 39.8 Å². The van der Waals surface area contributed by atoms with Crippen molar-refractivity contribution in [1.29, 1.82) is 5.26 Å². The van der Waals surface area contributed by atoms with Crippen molar-refractivity contribution >= 4 is 40.1 Å². The lowest BCUT2D eigenvalue weighted by molar-refractivity contribution is -0.127. The van der Waals surface area contributed by atoms with Gasteiger partial charge >= 0.3 is 0 Å². The molecule has 2 fully saturated rings. The Morgan fingerprint density at radius 1 is 1.20 bits per heavy atom. The van der Waals surface area contributed by atoms with E-state index < -0.39 is 0 Å². The zero-order chi connectivity index (χ0) is 30.7. The monoisotopic (exact) mass is 612 g/mol. The molecule has 0 radical (unpaired) electrons. The second-order valence-corrected chi connectivity index (χ2v) is 12.9. The Labute approximate surface area is 260 Å². The summed E-state index contributed by atoms with van der Waals surface area (Å²) in [7, 11) is 0. The van der Waals surface area contributed by atoms with E-state index in [0.717, 1.165) is 47.4 Å². The van der Waals surface area contributed by atoms with Gasteiger partial charge in [0.2, 0.25) is 5.95 Å². The molecule has 6 rings (SSSR count). The number of ether oxygens (including phenoxy) is 1. The first kappa shape index (κ1) is 29.7. The molecule has 0 spiro atoms. The van der Waals surface area contributed by atoms with E-state index in [4.69, 9.17) is 9.72 Å². The number of H-pyrrole nitrogens is 1. The van der Waals surface area contributed by atoms with Crippen molar-refractivity contribution in [3.8, 4) is 16.5 Å². The summed E-state index contributed by atoms with van der Waals surface area (Å²) < 4.78 is 7.47. The van der Waals surface area contributed by atoms with Gasteiger partial charge in [0, 0.05) is 48.4 Å². The molecule has 0 unspecified atom stereocenters. The average molecular weight is 613 g/mol. The molecule has 2 aliphatic heterocycles. The number of thiophene rings is 1. The van der Waals surface area contributed by atoms with Crippen molar-refractivity contribution in [2.75, 3.05) is 38.2 Å². The number of hydrogen-bond donors (Lipinski definition) is 2. The third kappa shape index (κ3) is 6.17. The Bertz CT molecular complexity index is 1710. The number of rotatable bonds is 9. The number of nitriles is 1. The Hall–Kier alpha value is -4.31. The molecule has 0 aliphatic carbocycles. The van der Waals surface area contributed by atoms with Crippen LogP contribution in [0, 0.1) is 11.3 Å². The van der Waals surface area contributed by atoms with Gasteiger partial charge in [0.15, 0.2) is 0 Å². The van der Waals surface area contributed by atoms with E-state index in [1.54, 1.807) is 24.5 Å². The molecule has 0 saturated carbocycles. The van der Waals surface area contributed by atoms with E-state index in [9.17, 15) is 14.9 Å². The first-order valence-electron chi connectivity index (χ1n) is 14.9. The number of imidazole rings is 1. The summed E-state index contributed by atoms with van der Waals surface area (Å²) >= 11 is 1.38. The highest BCUT2D eigenvalue weighted by atomic mass is 32.1. The Morgan fingerprint density at radius 3 is 2.80 bits per heavy atom. The van der Waals surface area contributed by atoms with Crippen molar-refractivity contribution < 1.29 is 14.3 Å². The lowest BCUT2D eigenvalue weighted by atomic mass is 9.95. The third-order valence-electron chi connectivity index (χ3n) is 8.55. The van der Waals surface area contributed by atoms with Crippen molar-refractivity contribution in [2.45, 2.75) is 51.2 Å². The van der Waals surface area contributed by atoms with Gasteiger partial charge in [-0.1, -0.05) is 18.2 Å². The molecule has 0 bridgehead atoms. The standard InChI is InChI=1S/C32H36N8O3S/c1-32(2,38-14-16-43-17-15-38)12-11-22(18-33)30(42)39-13-5-6-24(39)21-40-26-8-4-3-7-25(26)36-31(40)37-29(41)28-10-9-27(44-28)23-19-34-35-20-23/h3-4,7-11,19-20,24H,5-6,12-17,21H2,1-2H3,(H,34,35)(H,36,37,41)/b22-11-/t24-/m1/s1. The van der Waals surface area contributed by atoms with E-state index in [1.165, 1.54) is 11.3 Å². The minimum Gasteiger partial charge on any atom is -0.379 e. The molecule has 12 heteroatoms. The molecule has 2 saturated heterocycles. The molecule has 2 aliphatic rings. The number of morpholine rings is 1. The molecule has 4 aromatic rings. The highest BCUT2D eigenvalue weighted by Gasteiger charge is 2.33. The van der Waals surface area contributed by atoms with Crippen LogP contribution >= 0.6 is 11.3 Å². The molecule has 3 aromatic heterocycles. The maximum atomic E-state index is 13.7. The molecule has 1 atom stereocenters. The normalized spacial score (nSPS) is 18.1. The summed E-state index contributed by atoms with van der Waals surface area (Å²) in [6.07, 6.45) is 7.54. The zero-order valence-electron chi connectivity index (χ0n) is 25.0. The average Bonchev–Trinajstić information content (AvgIpc) is 3.86. The summed E-state index contributed by atoms with van der Waals surface area (Å²) in [5.74, 6) is -0.0662. The molecule has 44 heavy (non-hydrogen) atoms. The number of carbonyl (C=O) groups excluding carboxylic acids is 2. The summed E-state index contributed by atoms with van der Waals surface area (Å²) in [6.45, 7) is 8.36. The van der Waals surface area contributed by atoms with Gasteiger partial charge in [0.05, 0.1) is 41.4 Å². The zero-order valence-corrected chi connectivity index (χ0v) is 25.8. The molecular weight excluding hydrogens is 576 g/mol. The van der Waals surface area contributed by atoms with Crippen LogP contribution in [0.25, 0.3) is 21.5 Å². The van der Waals surface area contributed by atoms with Crippen LogP contribution in [0.5, 0.6) is 0 Å². The molecule has 11 nitrogen and oxygen atoms in total. The van der Waals surface area contributed by atoms with Crippen molar-refractivity contribution in [2.24, 2.45) is 0 Å². The fourth-order valence-electron chi connectivity index (χ4n) is 6.01. The first-order chi connectivity index (χ1) is 21.3. The van der Waals surface area contributed by atoms with E-state index in [-0.39, 0.29) is 29.0 Å². The van der Waals surface area contributed by atoms with Crippen LogP contribution in [0.4, 0.5) is 5.95 Å². The van der Waals surface area contributed by atoms with Crippen molar-refractivity contribution in [1.82, 2.24) is 29.5 Å². The fraction of sp³-hybridized carbons (Fsp3) is 0.406. The van der Waals surface area contributed by atoms with Crippen molar-refractivity contribution in [3.05, 3.63) is 65.3 Å². The fourth-order valence-corrected chi connectivity index (χ4v) is 6.89. The van der Waals surface area contributed by atoms with Gasteiger partial charge in [-0.05, 0) is 57.4 Å². The lowest BCUT2D eigenvalue weighted by Crippen LogP contribution is -2.49. The predicted octanol–water partition coefficient (Wildman–Crippen LogP) is 4.68. The summed E-state index contributed by atoms with van der Waals surface area (Å²) in [5, 5.41) is 19.8. The SMILES string of the molecule is CC(C)(C/C=C(/C#N)C(=O)N1CCC[C@@H]1Cn1c(NC(=O)c2ccc(-c3cn[nH]c3)s2)nc2ccccc21)N1CCOCC1. The smallest absolute Gasteiger partial charge is 0.268 e. The number of aromatic nitrogens is 4. The van der Waals surface area contributed by atoms with Crippen LogP contribution in [0.15, 0.2) is 60.4 Å². The van der Waals surface area contributed by atoms with E-state index in [0.29, 0.717) is 43.5 Å². The van der Waals surface area contributed by atoms with Gasteiger partial charge < -0.3 is 14.2 Å². The number of benzene rings is 1. The first-order valence-corrected chi connectivity index (χ1v) is 15.8. The Morgan fingerprint density at radius 2 is 2.02 bits per heavy atom. The van der Waals surface area contributed by atoms with Crippen LogP contribution in [0.2, 0.25) is 0 Å². The second-order valence-electron chi connectivity index (χ2n) is 11.8. The van der Waals surface area contributed by atoms with Crippen LogP contribution in [0.3, 0.4) is 0 Å². The maximum Gasteiger partial charge on any atom is 0.268 e. The highest BCUT2D eigenvalue weighted by molar-refractivity contribution is 7.17. The van der Waals surface area contributed by atoms with Gasteiger partial charge in [0.25, 0.3) is 11.8 Å². The second kappa shape index (κ2) is 12.7. The number of amides is 2. The number of nitrogens with one attached hydrogen (secondary N) is 2. The van der Waals surface area contributed by atoms with Gasteiger partial charge in [-0.3, -0.25) is 24.9 Å². The largest absolute Gasteiger partial charge is 0.379 e. The minimum absolute atomic E-state index is 0.144. The minimum atomic E-state index is -0.252. The van der Waals surface area contributed by atoms with Crippen LogP contribution in [-0.4, -0.2) is 85.8 Å². The summed E-state index contributed by atoms with van der Waals surface area (Å²) in [6, 6.07) is 13.5. The molecule has 5 heterocycles. The number of anilines is 1. The number of carbonyl (C=O) groups is 2. The van der Waals surface area contributed by atoms with Crippen molar-refractivity contribution in [3.63, 3.8) is 0 Å². The molecule has 1 aromatic carbocycles. The molecular formula is C32H36N8O3S. The predicted molar refractivity (Wildman–Crippen MR) is 169 cm³/mol. The van der Waals surface area contributed by atoms with E-state index >= 15 is 0 Å². The highest BCUT2D eigenvalue weighted by Crippen LogP contribution is 2.30. The quantitative estimate of drug-likeness (QED) is 0.207.